The first kappa shape index (κ1) is 16.6. The third-order valence-corrected chi connectivity index (χ3v) is 2.90. The van der Waals surface area contributed by atoms with Gasteiger partial charge >= 0.3 is 0 Å². The molecule has 0 radical (unpaired) electrons. The average Bonchev–Trinajstić information content (AvgIpc) is 2.49. The molecule has 20 heavy (non-hydrogen) atoms. The van der Waals surface area contributed by atoms with Crippen molar-refractivity contribution in [2.75, 3.05) is 41.1 Å². The first-order valence-electron chi connectivity index (χ1n) is 6.84. The Morgan fingerprint density at radius 3 is 2.15 bits per heavy atom. The second kappa shape index (κ2) is 9.44. The van der Waals surface area contributed by atoms with Gasteiger partial charge in [-0.05, 0) is 37.6 Å². The van der Waals surface area contributed by atoms with Gasteiger partial charge in [-0.25, -0.2) is 0 Å². The van der Waals surface area contributed by atoms with E-state index in [-0.39, 0.29) is 0 Å². The standard InChI is InChI=1S/C15H25NO4/c1-5-20-8-6-7-16-11-12-9-13(17-2)15(19-4)14(10-12)18-3/h9-10,16H,5-8,11H2,1-4H3. The van der Waals surface area contributed by atoms with Crippen LogP contribution >= 0.6 is 0 Å². The largest absolute Gasteiger partial charge is 0.493 e. The van der Waals surface area contributed by atoms with E-state index in [1.54, 1.807) is 21.3 Å². The molecular weight excluding hydrogens is 258 g/mol. The summed E-state index contributed by atoms with van der Waals surface area (Å²) in [5.41, 5.74) is 1.09. The molecule has 0 unspecified atom stereocenters. The lowest BCUT2D eigenvalue weighted by Gasteiger charge is -2.14. The molecule has 1 aromatic rings. The van der Waals surface area contributed by atoms with Gasteiger partial charge in [0.1, 0.15) is 0 Å². The summed E-state index contributed by atoms with van der Waals surface area (Å²) < 4.78 is 21.2. The van der Waals surface area contributed by atoms with Crippen molar-refractivity contribution >= 4 is 0 Å². The number of ether oxygens (including phenoxy) is 4. The Labute approximate surface area is 121 Å². The van der Waals surface area contributed by atoms with Crippen LogP contribution < -0.4 is 19.5 Å². The lowest BCUT2D eigenvalue weighted by atomic mass is 10.1. The highest BCUT2D eigenvalue weighted by Gasteiger charge is 2.12. The third-order valence-electron chi connectivity index (χ3n) is 2.90. The van der Waals surface area contributed by atoms with Crippen LogP contribution in [0.1, 0.15) is 18.9 Å². The number of hydrogen-bond acceptors (Lipinski definition) is 5. The van der Waals surface area contributed by atoms with E-state index < -0.39 is 0 Å². The molecule has 0 bridgehead atoms. The van der Waals surface area contributed by atoms with Crippen molar-refractivity contribution < 1.29 is 18.9 Å². The zero-order valence-electron chi connectivity index (χ0n) is 12.8. The molecule has 1 rings (SSSR count). The van der Waals surface area contributed by atoms with Gasteiger partial charge in [0.2, 0.25) is 5.75 Å². The second-order valence-electron chi connectivity index (χ2n) is 4.26. The molecule has 0 heterocycles. The highest BCUT2D eigenvalue weighted by Crippen LogP contribution is 2.38. The van der Waals surface area contributed by atoms with Crippen LogP contribution in [0.3, 0.4) is 0 Å². The van der Waals surface area contributed by atoms with Crippen molar-refractivity contribution in [1.29, 1.82) is 0 Å². The molecule has 0 saturated heterocycles. The Kier molecular flexibility index (Phi) is 7.84. The molecular formula is C15H25NO4. The maximum absolute atomic E-state index is 5.33. The summed E-state index contributed by atoms with van der Waals surface area (Å²) in [7, 11) is 4.85. The summed E-state index contributed by atoms with van der Waals surface area (Å²) in [4.78, 5) is 0. The number of hydrogen-bond donors (Lipinski definition) is 1. The Morgan fingerprint density at radius 2 is 1.65 bits per heavy atom. The van der Waals surface area contributed by atoms with E-state index in [1.165, 1.54) is 0 Å². The summed E-state index contributed by atoms with van der Waals surface area (Å²) in [6.45, 7) is 5.23. The zero-order valence-corrected chi connectivity index (χ0v) is 12.8. The van der Waals surface area contributed by atoms with Gasteiger partial charge in [0.15, 0.2) is 11.5 Å². The molecule has 1 N–H and O–H groups in total. The normalized spacial score (nSPS) is 10.4. The fourth-order valence-corrected chi connectivity index (χ4v) is 1.91. The van der Waals surface area contributed by atoms with Crippen molar-refractivity contribution in [2.45, 2.75) is 19.9 Å². The molecule has 5 nitrogen and oxygen atoms in total. The average molecular weight is 283 g/mol. The van der Waals surface area contributed by atoms with Gasteiger partial charge in [0, 0.05) is 19.8 Å². The summed E-state index contributed by atoms with van der Waals surface area (Å²) >= 11 is 0. The summed E-state index contributed by atoms with van der Waals surface area (Å²) in [6, 6.07) is 3.91. The zero-order chi connectivity index (χ0) is 14.8. The molecule has 0 saturated carbocycles. The molecule has 0 atom stereocenters. The van der Waals surface area contributed by atoms with Crippen molar-refractivity contribution in [3.63, 3.8) is 0 Å². The Morgan fingerprint density at radius 1 is 1.00 bits per heavy atom. The Hall–Kier alpha value is -1.46. The number of rotatable bonds is 10. The van der Waals surface area contributed by atoms with Crippen molar-refractivity contribution in [1.82, 2.24) is 5.32 Å². The van der Waals surface area contributed by atoms with Crippen LogP contribution in [0, 0.1) is 0 Å². The van der Waals surface area contributed by atoms with Crippen LogP contribution in [0.25, 0.3) is 0 Å². The minimum Gasteiger partial charge on any atom is -0.493 e. The summed E-state index contributed by atoms with van der Waals surface area (Å²) in [6.07, 6.45) is 0.998. The van der Waals surface area contributed by atoms with E-state index in [0.717, 1.165) is 38.3 Å². The number of nitrogens with one attached hydrogen (secondary N) is 1. The first-order valence-corrected chi connectivity index (χ1v) is 6.84. The van der Waals surface area contributed by atoms with Gasteiger partial charge in [-0.15, -0.1) is 0 Å². The SMILES string of the molecule is CCOCCCNCc1cc(OC)c(OC)c(OC)c1. The van der Waals surface area contributed by atoms with Crippen LogP contribution in [-0.2, 0) is 11.3 Å². The van der Waals surface area contributed by atoms with Gasteiger partial charge in [-0.1, -0.05) is 0 Å². The maximum atomic E-state index is 5.33. The number of methoxy groups -OCH3 is 3. The van der Waals surface area contributed by atoms with Gasteiger partial charge in [-0.3, -0.25) is 0 Å². The third kappa shape index (κ3) is 4.90. The van der Waals surface area contributed by atoms with Crippen LogP contribution in [0.2, 0.25) is 0 Å². The molecule has 0 aliphatic rings. The summed E-state index contributed by atoms with van der Waals surface area (Å²) in [5, 5.41) is 3.37. The monoisotopic (exact) mass is 283 g/mol. The topological polar surface area (TPSA) is 49.0 Å². The van der Waals surface area contributed by atoms with E-state index >= 15 is 0 Å². The van der Waals surface area contributed by atoms with E-state index in [9.17, 15) is 0 Å². The molecule has 0 aliphatic heterocycles. The van der Waals surface area contributed by atoms with E-state index in [2.05, 4.69) is 5.32 Å². The molecule has 0 aromatic heterocycles. The highest BCUT2D eigenvalue weighted by atomic mass is 16.5. The minimum atomic E-state index is 0.620. The lowest BCUT2D eigenvalue weighted by Crippen LogP contribution is -2.16. The van der Waals surface area contributed by atoms with Crippen LogP contribution in [0.5, 0.6) is 17.2 Å². The van der Waals surface area contributed by atoms with Crippen molar-refractivity contribution in [3.8, 4) is 17.2 Å². The predicted octanol–water partition coefficient (Wildman–Crippen LogP) is 2.23. The number of benzene rings is 1. The van der Waals surface area contributed by atoms with E-state index in [1.807, 2.05) is 19.1 Å². The van der Waals surface area contributed by atoms with Crippen LogP contribution in [-0.4, -0.2) is 41.1 Å². The smallest absolute Gasteiger partial charge is 0.203 e. The Bertz CT molecular complexity index is 370. The predicted molar refractivity (Wildman–Crippen MR) is 78.9 cm³/mol. The molecule has 0 fully saturated rings. The lowest BCUT2D eigenvalue weighted by molar-refractivity contribution is 0.144. The highest BCUT2D eigenvalue weighted by molar-refractivity contribution is 5.53. The quantitative estimate of drug-likeness (QED) is 0.667. The van der Waals surface area contributed by atoms with Gasteiger partial charge < -0.3 is 24.3 Å². The van der Waals surface area contributed by atoms with Crippen molar-refractivity contribution in [3.05, 3.63) is 17.7 Å². The molecule has 114 valence electrons. The van der Waals surface area contributed by atoms with Crippen molar-refractivity contribution in [2.24, 2.45) is 0 Å². The van der Waals surface area contributed by atoms with E-state index in [4.69, 9.17) is 18.9 Å². The fourth-order valence-electron chi connectivity index (χ4n) is 1.91. The maximum Gasteiger partial charge on any atom is 0.203 e. The Balaban J connectivity index is 2.57. The van der Waals surface area contributed by atoms with Crippen LogP contribution in [0.4, 0.5) is 0 Å². The van der Waals surface area contributed by atoms with Gasteiger partial charge in [0.05, 0.1) is 21.3 Å². The van der Waals surface area contributed by atoms with Gasteiger partial charge in [0.25, 0.3) is 0 Å². The van der Waals surface area contributed by atoms with Crippen LogP contribution in [0.15, 0.2) is 12.1 Å². The molecule has 0 spiro atoms. The summed E-state index contributed by atoms with van der Waals surface area (Å²) in [5.74, 6) is 1.98. The second-order valence-corrected chi connectivity index (χ2v) is 4.26. The molecule has 1 aromatic carbocycles. The fraction of sp³-hybridized carbons (Fsp3) is 0.600. The molecule has 5 heteroatoms. The molecule has 0 aliphatic carbocycles. The molecule has 0 amide bonds. The van der Waals surface area contributed by atoms with E-state index in [0.29, 0.717) is 17.2 Å². The minimum absolute atomic E-state index is 0.620. The first-order chi connectivity index (χ1) is 9.76. The van der Waals surface area contributed by atoms with Gasteiger partial charge in [-0.2, -0.15) is 0 Å².